The zero-order valence-electron chi connectivity index (χ0n) is 17.0. The third-order valence-electron chi connectivity index (χ3n) is 5.39. The Labute approximate surface area is 180 Å². The average molecular weight is 410 g/mol. The number of carbonyl (C=O) groups is 1. The van der Waals surface area contributed by atoms with Crippen LogP contribution in [-0.4, -0.2) is 39.4 Å². The van der Waals surface area contributed by atoms with Gasteiger partial charge in [0, 0.05) is 29.9 Å². The Balaban J connectivity index is 1.30. The van der Waals surface area contributed by atoms with Crippen molar-refractivity contribution in [3.8, 4) is 22.5 Å². The third-order valence-corrected chi connectivity index (χ3v) is 5.39. The summed E-state index contributed by atoms with van der Waals surface area (Å²) in [5.74, 6) is 0.668. The van der Waals surface area contributed by atoms with E-state index < -0.39 is 0 Å². The number of H-pyrrole nitrogens is 1. The molecule has 3 heterocycles. The van der Waals surface area contributed by atoms with Gasteiger partial charge in [0.1, 0.15) is 5.69 Å². The minimum atomic E-state index is -0.248. The van der Waals surface area contributed by atoms with Crippen LogP contribution in [0.5, 0.6) is 0 Å². The van der Waals surface area contributed by atoms with Crippen LogP contribution in [0.4, 0.5) is 11.5 Å². The molecule has 2 aromatic heterocycles. The minimum Gasteiger partial charge on any atom is -0.355 e. The summed E-state index contributed by atoms with van der Waals surface area (Å²) in [5, 5.41) is 18.8. The highest BCUT2D eigenvalue weighted by molar-refractivity contribution is 6.03. The van der Waals surface area contributed by atoms with Crippen molar-refractivity contribution in [3.63, 3.8) is 0 Å². The molecule has 1 aliphatic heterocycles. The smallest absolute Gasteiger partial charge is 0.273 e. The van der Waals surface area contributed by atoms with Gasteiger partial charge in [-0.1, -0.05) is 42.5 Å². The summed E-state index contributed by atoms with van der Waals surface area (Å²) in [6, 6.07) is 23.1. The number of aromatic amines is 1. The van der Waals surface area contributed by atoms with Gasteiger partial charge >= 0.3 is 0 Å². The number of carbonyl (C=O) groups excluding carboxylic acids is 1. The first-order chi connectivity index (χ1) is 15.3. The molecule has 4 aromatic rings. The second-order valence-electron chi connectivity index (χ2n) is 7.54. The van der Waals surface area contributed by atoms with E-state index in [-0.39, 0.29) is 5.91 Å². The first-order valence-corrected chi connectivity index (χ1v) is 10.4. The van der Waals surface area contributed by atoms with Crippen LogP contribution in [0.15, 0.2) is 72.8 Å². The summed E-state index contributed by atoms with van der Waals surface area (Å²) in [4.78, 5) is 14.9. The Hall–Kier alpha value is -4.00. The normalized spacial score (nSPS) is 13.4. The first kappa shape index (κ1) is 19.0. The van der Waals surface area contributed by atoms with E-state index in [4.69, 9.17) is 0 Å². The van der Waals surface area contributed by atoms with E-state index in [2.05, 4.69) is 30.6 Å². The molecule has 0 bridgehead atoms. The fourth-order valence-corrected chi connectivity index (χ4v) is 3.74. The van der Waals surface area contributed by atoms with Crippen LogP contribution < -0.4 is 10.2 Å². The molecule has 7 heteroatoms. The number of anilines is 2. The molecule has 2 N–H and O–H groups in total. The highest BCUT2D eigenvalue weighted by Crippen LogP contribution is 2.24. The van der Waals surface area contributed by atoms with Gasteiger partial charge < -0.3 is 10.2 Å². The van der Waals surface area contributed by atoms with E-state index >= 15 is 0 Å². The van der Waals surface area contributed by atoms with Crippen LogP contribution in [0.3, 0.4) is 0 Å². The predicted molar refractivity (Wildman–Crippen MR) is 121 cm³/mol. The first-order valence-electron chi connectivity index (χ1n) is 10.4. The molecule has 154 valence electrons. The lowest BCUT2D eigenvalue weighted by Crippen LogP contribution is -2.19. The molecule has 0 spiro atoms. The molecule has 0 saturated carbocycles. The van der Waals surface area contributed by atoms with E-state index in [1.165, 1.54) is 12.8 Å². The topological polar surface area (TPSA) is 86.8 Å². The van der Waals surface area contributed by atoms with Crippen molar-refractivity contribution < 1.29 is 4.79 Å². The number of nitrogens with zero attached hydrogens (tertiary/aromatic N) is 4. The van der Waals surface area contributed by atoms with Gasteiger partial charge in [-0.05, 0) is 43.2 Å². The van der Waals surface area contributed by atoms with Crippen LogP contribution in [0.25, 0.3) is 22.5 Å². The van der Waals surface area contributed by atoms with E-state index in [0.717, 1.165) is 41.4 Å². The summed E-state index contributed by atoms with van der Waals surface area (Å²) in [5.41, 5.74) is 4.44. The second kappa shape index (κ2) is 8.39. The number of nitrogens with one attached hydrogen (secondary N) is 2. The molecule has 5 rings (SSSR count). The maximum Gasteiger partial charge on any atom is 0.273 e. The van der Waals surface area contributed by atoms with Gasteiger partial charge in [0.15, 0.2) is 5.82 Å². The summed E-state index contributed by atoms with van der Waals surface area (Å²) in [7, 11) is 0. The van der Waals surface area contributed by atoms with Crippen LogP contribution in [-0.2, 0) is 0 Å². The molecule has 2 aromatic carbocycles. The maximum atomic E-state index is 12.7. The number of rotatable bonds is 5. The Morgan fingerprint density at radius 3 is 2.42 bits per heavy atom. The molecule has 0 unspecified atom stereocenters. The van der Waals surface area contributed by atoms with Crippen LogP contribution in [0, 0.1) is 0 Å². The molecular formula is C24H22N6O. The summed E-state index contributed by atoms with van der Waals surface area (Å²) >= 11 is 0. The number of aromatic nitrogens is 4. The van der Waals surface area contributed by atoms with E-state index in [1.54, 1.807) is 6.07 Å². The van der Waals surface area contributed by atoms with Gasteiger partial charge in [0.25, 0.3) is 5.91 Å². The number of benzene rings is 2. The summed E-state index contributed by atoms with van der Waals surface area (Å²) < 4.78 is 0. The lowest BCUT2D eigenvalue weighted by molar-refractivity contribution is 0.102. The lowest BCUT2D eigenvalue weighted by Gasteiger charge is -2.15. The van der Waals surface area contributed by atoms with E-state index in [1.807, 2.05) is 66.7 Å². The fraction of sp³-hybridized carbons (Fsp3) is 0.167. The maximum absolute atomic E-state index is 12.7. The molecule has 0 radical (unpaired) electrons. The van der Waals surface area contributed by atoms with Crippen molar-refractivity contribution in [1.82, 2.24) is 20.4 Å². The monoisotopic (exact) mass is 410 g/mol. The number of hydrogen-bond acceptors (Lipinski definition) is 5. The standard InChI is InChI=1S/C24H22N6O/c31-24(22-16-21(27-28-22)17-7-2-1-3-8-17)25-19-10-6-9-18(15-19)20-11-12-23(29-26-20)30-13-4-5-14-30/h1-3,6-12,15-16H,4-5,13-14H2,(H,25,31)(H,27,28). The summed E-state index contributed by atoms with van der Waals surface area (Å²) in [6.45, 7) is 2.07. The SMILES string of the molecule is O=C(Nc1cccc(-c2ccc(N3CCCC3)nn2)c1)c1cc(-c2ccccc2)n[nH]1. The molecule has 7 nitrogen and oxygen atoms in total. The average Bonchev–Trinajstić information content (AvgIpc) is 3.53. The van der Waals surface area contributed by atoms with Gasteiger partial charge in [-0.3, -0.25) is 9.89 Å². The fourth-order valence-electron chi connectivity index (χ4n) is 3.74. The Morgan fingerprint density at radius 2 is 1.65 bits per heavy atom. The van der Waals surface area contributed by atoms with Gasteiger partial charge in [-0.15, -0.1) is 10.2 Å². The highest BCUT2D eigenvalue weighted by Gasteiger charge is 2.15. The van der Waals surface area contributed by atoms with Gasteiger partial charge in [0.2, 0.25) is 0 Å². The van der Waals surface area contributed by atoms with Crippen molar-refractivity contribution in [2.45, 2.75) is 12.8 Å². The number of amides is 1. The molecule has 1 amide bonds. The van der Waals surface area contributed by atoms with Gasteiger partial charge in [0.05, 0.1) is 11.4 Å². The zero-order valence-corrected chi connectivity index (χ0v) is 17.0. The van der Waals surface area contributed by atoms with E-state index in [0.29, 0.717) is 11.4 Å². The lowest BCUT2D eigenvalue weighted by atomic mass is 10.1. The quantitative estimate of drug-likeness (QED) is 0.510. The van der Waals surface area contributed by atoms with E-state index in [9.17, 15) is 4.79 Å². The Kier molecular flexibility index (Phi) is 5.14. The van der Waals surface area contributed by atoms with Gasteiger partial charge in [-0.25, -0.2) is 0 Å². The molecule has 0 atom stereocenters. The highest BCUT2D eigenvalue weighted by atomic mass is 16.1. The van der Waals surface area contributed by atoms with Crippen LogP contribution in [0.1, 0.15) is 23.3 Å². The molecule has 31 heavy (non-hydrogen) atoms. The van der Waals surface area contributed by atoms with Crippen molar-refractivity contribution in [1.29, 1.82) is 0 Å². The molecule has 1 fully saturated rings. The molecule has 1 saturated heterocycles. The minimum absolute atomic E-state index is 0.248. The predicted octanol–water partition coefficient (Wildman–Crippen LogP) is 4.39. The van der Waals surface area contributed by atoms with Crippen molar-refractivity contribution >= 4 is 17.4 Å². The molecule has 0 aliphatic carbocycles. The van der Waals surface area contributed by atoms with Gasteiger partial charge in [-0.2, -0.15) is 5.10 Å². The van der Waals surface area contributed by atoms with Crippen LogP contribution in [0.2, 0.25) is 0 Å². The van der Waals surface area contributed by atoms with Crippen molar-refractivity contribution in [2.75, 3.05) is 23.3 Å². The second-order valence-corrected chi connectivity index (χ2v) is 7.54. The summed E-state index contributed by atoms with van der Waals surface area (Å²) in [6.07, 6.45) is 2.41. The van der Waals surface area contributed by atoms with Crippen LogP contribution >= 0.6 is 0 Å². The Bertz CT molecular complexity index is 1180. The third kappa shape index (κ3) is 4.16. The zero-order chi connectivity index (χ0) is 21.0. The largest absolute Gasteiger partial charge is 0.355 e. The van der Waals surface area contributed by atoms with Crippen molar-refractivity contribution in [2.24, 2.45) is 0 Å². The molecular weight excluding hydrogens is 388 g/mol. The van der Waals surface area contributed by atoms with Crippen molar-refractivity contribution in [3.05, 3.63) is 78.5 Å². The molecule has 1 aliphatic rings. The number of hydrogen-bond donors (Lipinski definition) is 2. The Morgan fingerprint density at radius 1 is 0.839 bits per heavy atom.